The van der Waals surface area contributed by atoms with Crippen molar-refractivity contribution in [3.63, 3.8) is 0 Å². The molecule has 0 amide bonds. The number of hydrogen-bond donors (Lipinski definition) is 1. The molecule has 2 aliphatic heterocycles. The largest absolute Gasteiger partial charge is 0.376 e. The molecule has 1 N–H and O–H groups in total. The molecule has 8 heteroatoms. The van der Waals surface area contributed by atoms with E-state index in [9.17, 15) is 4.79 Å². The Morgan fingerprint density at radius 1 is 1.17 bits per heavy atom. The lowest BCUT2D eigenvalue weighted by Gasteiger charge is -2.37. The van der Waals surface area contributed by atoms with Gasteiger partial charge in [-0.3, -0.25) is 4.79 Å². The number of hydrogen-bond acceptors (Lipinski definition) is 6. The van der Waals surface area contributed by atoms with Gasteiger partial charge in [-0.1, -0.05) is 30.3 Å². The number of nitrogens with zero attached hydrogens (tertiary/aromatic N) is 5. The van der Waals surface area contributed by atoms with Gasteiger partial charge in [0.2, 0.25) is 0 Å². The number of H-pyrrole nitrogens is 1. The third-order valence-electron chi connectivity index (χ3n) is 7.54. The Balaban J connectivity index is 1.53. The van der Waals surface area contributed by atoms with Crippen molar-refractivity contribution in [1.82, 2.24) is 25.2 Å². The summed E-state index contributed by atoms with van der Waals surface area (Å²) in [6.45, 7) is 6.28. The first kappa shape index (κ1) is 22.0. The smallest absolute Gasteiger partial charge is 0.254 e. The minimum absolute atomic E-state index is 0.0899. The molecule has 4 aromatic rings. The van der Waals surface area contributed by atoms with Crippen molar-refractivity contribution in [3.05, 3.63) is 80.9 Å². The van der Waals surface area contributed by atoms with Crippen molar-refractivity contribution in [2.75, 3.05) is 18.1 Å². The number of rotatable bonds is 5. The average molecular weight is 471 g/mol. The standard InChI is InChI=1S/C27H30N6O2/c1-17-11-12-20-15-22(27(34)28-24(20)18(17)2)25(32-13-5-8-19-7-3-4-10-23(19)32)26-29-30-31-33(26)16-21-9-6-14-35-21/h3-4,7,10-12,15,21,25H,5-6,8-9,13-14,16H2,1-2H3,(H,28,34). The monoisotopic (exact) mass is 470 g/mol. The molecule has 1 fully saturated rings. The number of pyridine rings is 1. The van der Waals surface area contributed by atoms with Gasteiger partial charge in [-0.2, -0.15) is 0 Å². The minimum Gasteiger partial charge on any atom is -0.376 e. The summed E-state index contributed by atoms with van der Waals surface area (Å²) >= 11 is 0. The van der Waals surface area contributed by atoms with Crippen molar-refractivity contribution in [2.45, 2.75) is 58.2 Å². The van der Waals surface area contributed by atoms with Crippen LogP contribution in [-0.4, -0.2) is 44.4 Å². The molecule has 35 heavy (non-hydrogen) atoms. The zero-order chi connectivity index (χ0) is 23.9. The fourth-order valence-corrected chi connectivity index (χ4v) is 5.54. The lowest BCUT2D eigenvalue weighted by molar-refractivity contribution is 0.0924. The summed E-state index contributed by atoms with van der Waals surface area (Å²) in [5.74, 6) is 0.672. The van der Waals surface area contributed by atoms with Crippen LogP contribution in [0.15, 0.2) is 47.3 Å². The molecule has 6 rings (SSSR count). The van der Waals surface area contributed by atoms with Crippen molar-refractivity contribution >= 4 is 16.6 Å². The lowest BCUT2D eigenvalue weighted by Crippen LogP contribution is -2.39. The third-order valence-corrected chi connectivity index (χ3v) is 7.54. The molecular weight excluding hydrogens is 440 g/mol. The second-order valence-electron chi connectivity index (χ2n) is 9.71. The van der Waals surface area contributed by atoms with Gasteiger partial charge in [0.05, 0.1) is 18.2 Å². The Kier molecular flexibility index (Phi) is 5.60. The molecule has 2 atom stereocenters. The van der Waals surface area contributed by atoms with Crippen molar-refractivity contribution in [3.8, 4) is 0 Å². The van der Waals surface area contributed by atoms with Gasteiger partial charge in [-0.25, -0.2) is 4.68 Å². The molecule has 1 saturated heterocycles. The summed E-state index contributed by atoms with van der Waals surface area (Å²) in [5, 5.41) is 13.9. The van der Waals surface area contributed by atoms with E-state index < -0.39 is 6.04 Å². The number of benzene rings is 2. The van der Waals surface area contributed by atoms with E-state index >= 15 is 0 Å². The summed E-state index contributed by atoms with van der Waals surface area (Å²) in [6.07, 6.45) is 4.16. The van der Waals surface area contributed by atoms with Crippen LogP contribution in [0.3, 0.4) is 0 Å². The molecule has 0 spiro atoms. The van der Waals surface area contributed by atoms with Gasteiger partial charge in [0, 0.05) is 24.4 Å². The first-order chi connectivity index (χ1) is 17.1. The van der Waals surface area contributed by atoms with Gasteiger partial charge in [-0.15, -0.1) is 5.10 Å². The Morgan fingerprint density at radius 2 is 2.06 bits per heavy atom. The predicted molar refractivity (Wildman–Crippen MR) is 135 cm³/mol. The molecule has 2 unspecified atom stereocenters. The Labute approximate surface area is 203 Å². The Morgan fingerprint density at radius 3 is 2.91 bits per heavy atom. The molecule has 180 valence electrons. The van der Waals surface area contributed by atoms with Crippen molar-refractivity contribution in [1.29, 1.82) is 0 Å². The Hall–Kier alpha value is -3.52. The molecule has 2 aromatic heterocycles. The Bertz CT molecular complexity index is 1440. The second-order valence-corrected chi connectivity index (χ2v) is 9.71. The third kappa shape index (κ3) is 3.91. The van der Waals surface area contributed by atoms with Crippen LogP contribution >= 0.6 is 0 Å². The van der Waals surface area contributed by atoms with E-state index in [1.54, 1.807) is 0 Å². The van der Waals surface area contributed by atoms with Gasteiger partial charge >= 0.3 is 0 Å². The minimum atomic E-state index is -0.414. The van der Waals surface area contributed by atoms with Gasteiger partial charge in [0.1, 0.15) is 6.04 Å². The number of tetrazole rings is 1. The topological polar surface area (TPSA) is 88.9 Å². The number of ether oxygens (including phenoxy) is 1. The highest BCUT2D eigenvalue weighted by Gasteiger charge is 2.34. The quantitative estimate of drug-likeness (QED) is 0.477. The van der Waals surface area contributed by atoms with Gasteiger partial charge < -0.3 is 14.6 Å². The summed E-state index contributed by atoms with van der Waals surface area (Å²) in [7, 11) is 0. The highest BCUT2D eigenvalue weighted by Crippen LogP contribution is 2.37. The fourth-order valence-electron chi connectivity index (χ4n) is 5.54. The summed E-state index contributed by atoms with van der Waals surface area (Å²) < 4.78 is 7.71. The van der Waals surface area contributed by atoms with Crippen LogP contribution in [0.5, 0.6) is 0 Å². The van der Waals surface area contributed by atoms with Crippen LogP contribution < -0.4 is 10.5 Å². The van der Waals surface area contributed by atoms with E-state index in [4.69, 9.17) is 4.74 Å². The molecule has 2 aliphatic rings. The number of para-hydroxylation sites is 1. The molecule has 0 bridgehead atoms. The van der Waals surface area contributed by atoms with Crippen LogP contribution in [0, 0.1) is 13.8 Å². The van der Waals surface area contributed by atoms with Gasteiger partial charge in [0.25, 0.3) is 5.56 Å². The molecule has 8 nitrogen and oxygen atoms in total. The molecule has 4 heterocycles. The van der Waals surface area contributed by atoms with Crippen molar-refractivity contribution < 1.29 is 4.74 Å². The van der Waals surface area contributed by atoms with Crippen LogP contribution in [0.25, 0.3) is 10.9 Å². The molecule has 2 aromatic carbocycles. The van der Waals surface area contributed by atoms with Crippen LogP contribution in [0.1, 0.15) is 53.4 Å². The van der Waals surface area contributed by atoms with Crippen LogP contribution in [-0.2, 0) is 17.7 Å². The molecule has 0 aliphatic carbocycles. The maximum Gasteiger partial charge on any atom is 0.254 e. The second kappa shape index (κ2) is 8.92. The van der Waals surface area contributed by atoms with Gasteiger partial charge in [0.15, 0.2) is 5.82 Å². The zero-order valence-electron chi connectivity index (χ0n) is 20.2. The predicted octanol–water partition coefficient (Wildman–Crippen LogP) is 3.85. The summed E-state index contributed by atoms with van der Waals surface area (Å²) in [6, 6.07) is 14.2. The first-order valence-electron chi connectivity index (χ1n) is 12.5. The van der Waals surface area contributed by atoms with Gasteiger partial charge in [-0.05, 0) is 84.2 Å². The SMILES string of the molecule is Cc1ccc2cc(C(c3nnnn3CC3CCCO3)N3CCCc4ccccc43)c(=O)[nH]c2c1C. The molecular formula is C27H30N6O2. The summed E-state index contributed by atoms with van der Waals surface area (Å²) in [5.41, 5.74) is 6.10. The highest BCUT2D eigenvalue weighted by atomic mass is 16.5. The van der Waals surface area contributed by atoms with E-state index in [0.717, 1.165) is 66.6 Å². The molecule has 0 radical (unpaired) electrons. The van der Waals surface area contributed by atoms with Crippen LogP contribution in [0.4, 0.5) is 5.69 Å². The summed E-state index contributed by atoms with van der Waals surface area (Å²) in [4.78, 5) is 19.1. The number of aryl methyl sites for hydroxylation is 3. The average Bonchev–Trinajstić information content (AvgIpc) is 3.56. The van der Waals surface area contributed by atoms with E-state index in [-0.39, 0.29) is 11.7 Å². The number of fused-ring (bicyclic) bond motifs is 2. The number of nitrogens with one attached hydrogen (secondary N) is 1. The number of anilines is 1. The highest BCUT2D eigenvalue weighted by molar-refractivity contribution is 5.83. The van der Waals surface area contributed by atoms with E-state index in [1.165, 1.54) is 5.56 Å². The van der Waals surface area contributed by atoms with E-state index in [2.05, 4.69) is 68.7 Å². The van der Waals surface area contributed by atoms with Crippen LogP contribution in [0.2, 0.25) is 0 Å². The molecule has 0 saturated carbocycles. The zero-order valence-corrected chi connectivity index (χ0v) is 20.2. The normalized spacial score (nSPS) is 18.7. The fraction of sp³-hybridized carbons (Fsp3) is 0.407. The van der Waals surface area contributed by atoms with E-state index in [0.29, 0.717) is 17.9 Å². The lowest BCUT2D eigenvalue weighted by atomic mass is 9.95. The van der Waals surface area contributed by atoms with Crippen molar-refractivity contribution in [2.24, 2.45) is 0 Å². The maximum absolute atomic E-state index is 13.7. The number of aromatic nitrogens is 5. The number of aromatic amines is 1. The first-order valence-corrected chi connectivity index (χ1v) is 12.5. The van der Waals surface area contributed by atoms with E-state index in [1.807, 2.05) is 17.7 Å². The maximum atomic E-state index is 13.7.